The molecule has 1 fully saturated rings. The van der Waals surface area contributed by atoms with Gasteiger partial charge in [0.1, 0.15) is 5.82 Å². The van der Waals surface area contributed by atoms with Crippen LogP contribution in [0.1, 0.15) is 62.2 Å². The summed E-state index contributed by atoms with van der Waals surface area (Å²) in [5, 5.41) is 0. The van der Waals surface area contributed by atoms with Crippen molar-refractivity contribution >= 4 is 11.2 Å². The van der Waals surface area contributed by atoms with Crippen molar-refractivity contribution < 1.29 is 4.74 Å². The Hall–Kier alpha value is -2.70. The lowest BCUT2D eigenvalue weighted by Crippen LogP contribution is -2.23. The van der Waals surface area contributed by atoms with Crippen molar-refractivity contribution in [2.24, 2.45) is 0 Å². The van der Waals surface area contributed by atoms with Gasteiger partial charge in [-0.25, -0.2) is 4.98 Å². The zero-order valence-electron chi connectivity index (χ0n) is 16.1. The van der Waals surface area contributed by atoms with Crippen molar-refractivity contribution in [1.82, 2.24) is 24.5 Å². The summed E-state index contributed by atoms with van der Waals surface area (Å²) < 4.78 is 7.59. The number of imidazole rings is 1. The minimum absolute atomic E-state index is 0.133. The van der Waals surface area contributed by atoms with Gasteiger partial charge in [-0.1, -0.05) is 19.8 Å². The largest absolute Gasteiger partial charge is 0.423 e. The zero-order chi connectivity index (χ0) is 19.0. The first kappa shape index (κ1) is 17.7. The number of hydrogen-bond acceptors (Lipinski definition) is 5. The fraction of sp³-hybridized carbons (Fsp3) is 0.500. The fourth-order valence-electron chi connectivity index (χ4n) is 3.76. The summed E-state index contributed by atoms with van der Waals surface area (Å²) in [6.45, 7) is 6.38. The molecule has 4 rings (SSSR count). The lowest BCUT2D eigenvalue weighted by Gasteiger charge is -2.12. The molecule has 3 aromatic heterocycles. The van der Waals surface area contributed by atoms with Crippen molar-refractivity contribution in [2.75, 3.05) is 0 Å². The quantitative estimate of drug-likeness (QED) is 0.737. The van der Waals surface area contributed by atoms with Gasteiger partial charge < -0.3 is 9.72 Å². The number of ether oxygens (including phenoxy) is 1. The molecule has 0 radical (unpaired) electrons. The molecule has 1 aliphatic carbocycles. The third-order valence-corrected chi connectivity index (χ3v) is 5.16. The number of nitrogens with zero attached hydrogens (tertiary/aromatic N) is 4. The molecule has 0 bridgehead atoms. The van der Waals surface area contributed by atoms with E-state index in [0.717, 1.165) is 36.5 Å². The number of fused-ring (bicyclic) bond motifs is 1. The van der Waals surface area contributed by atoms with E-state index in [4.69, 9.17) is 4.74 Å². The van der Waals surface area contributed by atoms with E-state index in [9.17, 15) is 4.79 Å². The van der Waals surface area contributed by atoms with E-state index in [0.29, 0.717) is 29.4 Å². The maximum Gasteiger partial charge on any atom is 0.307 e. The smallest absolute Gasteiger partial charge is 0.307 e. The Labute approximate surface area is 157 Å². The van der Waals surface area contributed by atoms with Crippen molar-refractivity contribution in [3.63, 3.8) is 0 Å². The molecule has 0 aromatic carbocycles. The summed E-state index contributed by atoms with van der Waals surface area (Å²) in [5.74, 6) is 1.87. The first-order chi connectivity index (χ1) is 13.1. The highest BCUT2D eigenvalue weighted by Gasteiger charge is 2.23. The Bertz CT molecular complexity index is 1030. The van der Waals surface area contributed by atoms with Gasteiger partial charge in [0.25, 0.3) is 5.56 Å². The summed E-state index contributed by atoms with van der Waals surface area (Å²) in [6.07, 6.45) is 5.45. The van der Waals surface area contributed by atoms with Crippen LogP contribution < -0.4 is 10.3 Å². The Morgan fingerprint density at radius 3 is 2.67 bits per heavy atom. The summed E-state index contributed by atoms with van der Waals surface area (Å²) >= 11 is 0. The van der Waals surface area contributed by atoms with E-state index >= 15 is 0 Å². The first-order valence-electron chi connectivity index (χ1n) is 9.69. The van der Waals surface area contributed by atoms with Gasteiger partial charge >= 0.3 is 6.01 Å². The van der Waals surface area contributed by atoms with E-state index in [-0.39, 0.29) is 11.6 Å². The predicted molar refractivity (Wildman–Crippen MR) is 103 cm³/mol. The van der Waals surface area contributed by atoms with E-state index in [1.165, 1.54) is 12.8 Å². The van der Waals surface area contributed by atoms with Crippen LogP contribution in [0.2, 0.25) is 0 Å². The Morgan fingerprint density at radius 2 is 1.96 bits per heavy atom. The van der Waals surface area contributed by atoms with Crippen LogP contribution in [-0.2, 0) is 6.54 Å². The van der Waals surface area contributed by atoms with E-state index < -0.39 is 0 Å². The van der Waals surface area contributed by atoms with E-state index in [2.05, 4.69) is 19.9 Å². The van der Waals surface area contributed by atoms with Gasteiger partial charge in [0.2, 0.25) is 0 Å². The summed E-state index contributed by atoms with van der Waals surface area (Å²) in [5.41, 5.74) is 2.45. The first-order valence-corrected chi connectivity index (χ1v) is 9.69. The van der Waals surface area contributed by atoms with Gasteiger partial charge in [0.05, 0.1) is 5.69 Å². The molecule has 3 heterocycles. The molecular formula is C20H25N5O2. The summed E-state index contributed by atoms with van der Waals surface area (Å²) in [4.78, 5) is 29.9. The molecule has 0 atom stereocenters. The molecule has 0 spiro atoms. The molecule has 0 unspecified atom stereocenters. The van der Waals surface area contributed by atoms with Crippen molar-refractivity contribution in [3.8, 4) is 11.8 Å². The van der Waals surface area contributed by atoms with Gasteiger partial charge in [-0.2, -0.15) is 4.98 Å². The highest BCUT2D eigenvalue weighted by Crippen LogP contribution is 2.33. The molecule has 7 heteroatoms. The van der Waals surface area contributed by atoms with Gasteiger partial charge in [-0.3, -0.25) is 14.3 Å². The zero-order valence-corrected chi connectivity index (χ0v) is 16.1. The maximum absolute atomic E-state index is 13.1. The highest BCUT2D eigenvalue weighted by atomic mass is 16.5. The van der Waals surface area contributed by atoms with Crippen LogP contribution >= 0.6 is 0 Å². The molecule has 27 heavy (non-hydrogen) atoms. The highest BCUT2D eigenvalue weighted by molar-refractivity contribution is 5.70. The van der Waals surface area contributed by atoms with Crippen LogP contribution in [0.5, 0.6) is 11.8 Å². The minimum atomic E-state index is -0.133. The number of H-pyrrole nitrogens is 1. The second-order valence-electron chi connectivity index (χ2n) is 7.29. The van der Waals surface area contributed by atoms with E-state index in [1.807, 2.05) is 32.9 Å². The Balaban J connectivity index is 1.80. The number of nitrogens with one attached hydrogen (secondary N) is 1. The number of pyridine rings is 1. The molecule has 0 aliphatic heterocycles. The van der Waals surface area contributed by atoms with Crippen molar-refractivity contribution in [3.05, 3.63) is 39.7 Å². The van der Waals surface area contributed by atoms with Crippen molar-refractivity contribution in [2.45, 2.75) is 65.3 Å². The van der Waals surface area contributed by atoms with Crippen molar-refractivity contribution in [1.29, 1.82) is 0 Å². The molecule has 1 N–H and O–H groups in total. The molecule has 0 saturated heterocycles. The van der Waals surface area contributed by atoms with Gasteiger partial charge in [-0.05, 0) is 45.2 Å². The van der Waals surface area contributed by atoms with Gasteiger partial charge in [-0.15, -0.1) is 0 Å². The SMILES string of the molecule is CCCn1c(Oc2ccc(C)nc2C)nc2nc(C3CCCC3)[nH]c2c1=O. The molecule has 0 amide bonds. The van der Waals surface area contributed by atoms with Crippen LogP contribution in [0.25, 0.3) is 11.2 Å². The summed E-state index contributed by atoms with van der Waals surface area (Å²) in [7, 11) is 0. The van der Waals surface area contributed by atoms with Crippen LogP contribution in [0.4, 0.5) is 0 Å². The third-order valence-electron chi connectivity index (χ3n) is 5.16. The van der Waals surface area contributed by atoms with Crippen LogP contribution in [-0.4, -0.2) is 24.5 Å². The molecule has 1 saturated carbocycles. The molecular weight excluding hydrogens is 342 g/mol. The molecule has 7 nitrogen and oxygen atoms in total. The topological polar surface area (TPSA) is 85.7 Å². The van der Waals surface area contributed by atoms with E-state index in [1.54, 1.807) is 4.57 Å². The molecule has 1 aliphatic rings. The second kappa shape index (κ2) is 7.13. The standard InChI is InChI=1S/C20H25N5O2/c1-4-11-25-19(26)16-18(23-17(22-16)14-7-5-6-8-14)24-20(25)27-15-10-9-12(2)21-13(15)3/h9-10,14H,4-8,11H2,1-3H3,(H,22,23). The second-order valence-corrected chi connectivity index (χ2v) is 7.29. The number of aromatic nitrogens is 5. The monoisotopic (exact) mass is 367 g/mol. The summed E-state index contributed by atoms with van der Waals surface area (Å²) in [6, 6.07) is 4.02. The minimum Gasteiger partial charge on any atom is -0.423 e. The number of rotatable bonds is 5. The van der Waals surface area contributed by atoms with Gasteiger partial charge in [0, 0.05) is 18.2 Å². The Morgan fingerprint density at radius 1 is 1.19 bits per heavy atom. The average molecular weight is 367 g/mol. The molecule has 142 valence electrons. The maximum atomic E-state index is 13.1. The normalized spacial score (nSPS) is 14.9. The third kappa shape index (κ3) is 3.34. The Kier molecular flexibility index (Phi) is 4.68. The van der Waals surface area contributed by atoms with Gasteiger partial charge in [0.15, 0.2) is 16.9 Å². The number of aromatic amines is 1. The van der Waals surface area contributed by atoms with Crippen LogP contribution in [0.15, 0.2) is 16.9 Å². The predicted octanol–water partition coefficient (Wildman–Crippen LogP) is 3.99. The molecule has 3 aromatic rings. The number of aryl methyl sites for hydroxylation is 2. The average Bonchev–Trinajstić information content (AvgIpc) is 3.30. The van der Waals surface area contributed by atoms with Crippen LogP contribution in [0, 0.1) is 13.8 Å². The fourth-order valence-corrected chi connectivity index (χ4v) is 3.76. The van der Waals surface area contributed by atoms with Crippen LogP contribution in [0.3, 0.4) is 0 Å². The lowest BCUT2D eigenvalue weighted by molar-refractivity contribution is 0.394. The lowest BCUT2D eigenvalue weighted by atomic mass is 10.1. The number of hydrogen-bond donors (Lipinski definition) is 1.